The van der Waals surface area contributed by atoms with Gasteiger partial charge in [-0.25, -0.2) is 4.39 Å². The predicted molar refractivity (Wildman–Crippen MR) is 119 cm³/mol. The van der Waals surface area contributed by atoms with Crippen molar-refractivity contribution in [2.24, 2.45) is 7.05 Å². The van der Waals surface area contributed by atoms with Gasteiger partial charge in [0.15, 0.2) is 5.16 Å². The van der Waals surface area contributed by atoms with Gasteiger partial charge in [0, 0.05) is 35.6 Å². The molecule has 0 bridgehead atoms. The Morgan fingerprint density at radius 1 is 1.10 bits per heavy atom. The summed E-state index contributed by atoms with van der Waals surface area (Å²) in [6.07, 6.45) is 0.464. The van der Waals surface area contributed by atoms with Gasteiger partial charge in [-0.05, 0) is 42.5 Å². The fourth-order valence-electron chi connectivity index (χ4n) is 2.59. The van der Waals surface area contributed by atoms with Gasteiger partial charge in [0.25, 0.3) is 5.91 Å². The topological polar surface area (TPSA) is 88.9 Å². The van der Waals surface area contributed by atoms with Crippen LogP contribution in [-0.4, -0.2) is 38.9 Å². The van der Waals surface area contributed by atoms with Gasteiger partial charge in [0.05, 0.1) is 11.4 Å². The molecule has 31 heavy (non-hydrogen) atoms. The van der Waals surface area contributed by atoms with E-state index in [1.807, 2.05) is 0 Å². The molecule has 2 aromatic carbocycles. The first-order chi connectivity index (χ1) is 14.8. The van der Waals surface area contributed by atoms with Crippen LogP contribution in [0, 0.1) is 5.82 Å². The van der Waals surface area contributed by atoms with Crippen LogP contribution in [0.25, 0.3) is 0 Å². The highest BCUT2D eigenvalue weighted by molar-refractivity contribution is 7.99. The molecule has 1 heterocycles. The quantitative estimate of drug-likeness (QED) is 0.475. The predicted octanol–water partition coefficient (Wildman–Crippen LogP) is 3.96. The molecule has 0 aliphatic heterocycles. The van der Waals surface area contributed by atoms with Gasteiger partial charge in [0.2, 0.25) is 5.91 Å². The smallest absolute Gasteiger partial charge is 0.251 e. The van der Waals surface area contributed by atoms with Crippen LogP contribution in [0.1, 0.15) is 16.2 Å². The lowest BCUT2D eigenvalue weighted by Gasteiger charge is -2.07. The molecule has 1 aromatic heterocycles. The van der Waals surface area contributed by atoms with Gasteiger partial charge in [-0.1, -0.05) is 35.0 Å². The van der Waals surface area contributed by atoms with Crippen LogP contribution in [0.15, 0.2) is 47.6 Å². The molecule has 2 N–H and O–H groups in total. The maximum atomic E-state index is 13.8. The number of hydrogen-bond donors (Lipinski definition) is 2. The highest BCUT2D eigenvalue weighted by atomic mass is 35.5. The SMILES string of the molecule is Cn1c(CCNC(=O)c2ccc(Cl)cc2)nnc1SCC(=O)Nc1ccc(Cl)cc1F. The summed E-state index contributed by atoms with van der Waals surface area (Å²) in [5.74, 6) is -0.512. The number of nitrogens with zero attached hydrogens (tertiary/aromatic N) is 3. The zero-order valence-electron chi connectivity index (χ0n) is 16.4. The molecule has 0 saturated heterocycles. The third-order valence-electron chi connectivity index (χ3n) is 4.20. The van der Waals surface area contributed by atoms with Crippen molar-refractivity contribution >= 4 is 52.5 Å². The van der Waals surface area contributed by atoms with Gasteiger partial charge in [0.1, 0.15) is 11.6 Å². The number of aromatic nitrogens is 3. The number of rotatable bonds is 8. The molecule has 0 spiro atoms. The average Bonchev–Trinajstić information content (AvgIpc) is 3.08. The lowest BCUT2D eigenvalue weighted by atomic mass is 10.2. The van der Waals surface area contributed by atoms with Gasteiger partial charge in [-0.3, -0.25) is 9.59 Å². The molecule has 162 valence electrons. The Hall–Kier alpha value is -2.62. The summed E-state index contributed by atoms with van der Waals surface area (Å²) < 4.78 is 15.5. The van der Waals surface area contributed by atoms with Crippen molar-refractivity contribution in [3.8, 4) is 0 Å². The average molecular weight is 482 g/mol. The number of nitrogens with one attached hydrogen (secondary N) is 2. The summed E-state index contributed by atoms with van der Waals surface area (Å²) in [6, 6.07) is 10.6. The van der Waals surface area contributed by atoms with Crippen molar-refractivity contribution in [2.75, 3.05) is 17.6 Å². The highest BCUT2D eigenvalue weighted by Gasteiger charge is 2.13. The molecule has 0 aliphatic rings. The minimum Gasteiger partial charge on any atom is -0.352 e. The second-order valence-corrected chi connectivity index (χ2v) is 8.25. The van der Waals surface area contributed by atoms with E-state index in [9.17, 15) is 14.0 Å². The molecule has 0 radical (unpaired) electrons. The Labute approximate surface area is 192 Å². The van der Waals surface area contributed by atoms with Crippen molar-refractivity contribution in [3.05, 3.63) is 69.7 Å². The molecule has 7 nitrogen and oxygen atoms in total. The fraction of sp³-hybridized carbons (Fsp3) is 0.200. The summed E-state index contributed by atoms with van der Waals surface area (Å²) in [4.78, 5) is 24.2. The molecule has 3 aromatic rings. The van der Waals surface area contributed by atoms with Crippen LogP contribution in [0.3, 0.4) is 0 Å². The van der Waals surface area contributed by atoms with Crippen molar-refractivity contribution < 1.29 is 14.0 Å². The van der Waals surface area contributed by atoms with E-state index in [0.717, 1.165) is 6.07 Å². The van der Waals surface area contributed by atoms with Crippen LogP contribution in [0.4, 0.5) is 10.1 Å². The van der Waals surface area contributed by atoms with Crippen molar-refractivity contribution in [3.63, 3.8) is 0 Å². The van der Waals surface area contributed by atoms with Crippen LogP contribution in [0.5, 0.6) is 0 Å². The van der Waals surface area contributed by atoms with Crippen LogP contribution >= 0.6 is 35.0 Å². The number of hydrogen-bond acceptors (Lipinski definition) is 5. The maximum absolute atomic E-state index is 13.8. The number of anilines is 1. The molecule has 0 atom stereocenters. The molecular weight excluding hydrogens is 464 g/mol. The molecule has 11 heteroatoms. The normalized spacial score (nSPS) is 10.7. The summed E-state index contributed by atoms with van der Waals surface area (Å²) >= 11 is 12.7. The van der Waals surface area contributed by atoms with E-state index < -0.39 is 5.82 Å². The number of carbonyl (C=O) groups is 2. The van der Waals surface area contributed by atoms with E-state index in [4.69, 9.17) is 23.2 Å². The Bertz CT molecular complexity index is 1090. The molecule has 3 rings (SSSR count). The van der Waals surface area contributed by atoms with Gasteiger partial charge in [-0.15, -0.1) is 10.2 Å². The summed E-state index contributed by atoms with van der Waals surface area (Å²) in [6.45, 7) is 0.369. The van der Waals surface area contributed by atoms with Crippen LogP contribution in [-0.2, 0) is 18.3 Å². The first-order valence-corrected chi connectivity index (χ1v) is 10.9. The molecule has 0 aliphatic carbocycles. The monoisotopic (exact) mass is 481 g/mol. The van der Waals surface area contributed by atoms with Gasteiger partial charge in [-0.2, -0.15) is 0 Å². The van der Waals surface area contributed by atoms with Crippen molar-refractivity contribution in [1.29, 1.82) is 0 Å². The van der Waals surface area contributed by atoms with Crippen LogP contribution in [0.2, 0.25) is 10.0 Å². The lowest BCUT2D eigenvalue weighted by Crippen LogP contribution is -2.26. The molecular formula is C20H18Cl2FN5O2S. The van der Waals surface area contributed by atoms with E-state index in [1.165, 1.54) is 23.9 Å². The molecule has 0 unspecified atom stereocenters. The molecule has 0 fully saturated rings. The number of carbonyl (C=O) groups excluding carboxylic acids is 2. The van der Waals surface area contributed by atoms with Gasteiger partial charge < -0.3 is 15.2 Å². The number of thioether (sulfide) groups is 1. The van der Waals surface area contributed by atoms with E-state index in [-0.39, 0.29) is 28.3 Å². The zero-order chi connectivity index (χ0) is 22.4. The third kappa shape index (κ3) is 6.43. The largest absolute Gasteiger partial charge is 0.352 e. The van der Waals surface area contributed by atoms with E-state index in [0.29, 0.717) is 34.5 Å². The minimum atomic E-state index is -0.604. The standard InChI is InChI=1S/C20H18Cl2FN5O2S/c1-28-17(8-9-24-19(30)12-2-4-13(21)5-3-12)26-27-20(28)31-11-18(29)25-16-7-6-14(22)10-15(16)23/h2-7,10H,8-9,11H2,1H3,(H,24,30)(H,25,29). The van der Waals surface area contributed by atoms with Crippen molar-refractivity contribution in [1.82, 2.24) is 20.1 Å². The zero-order valence-corrected chi connectivity index (χ0v) is 18.7. The van der Waals surface area contributed by atoms with E-state index in [2.05, 4.69) is 20.8 Å². The van der Waals surface area contributed by atoms with E-state index in [1.54, 1.807) is 35.9 Å². The Morgan fingerprint density at radius 3 is 2.52 bits per heavy atom. The number of amides is 2. The number of halogens is 3. The summed E-state index contributed by atoms with van der Waals surface area (Å²) in [5, 5.41) is 14.8. The van der Waals surface area contributed by atoms with Crippen molar-refractivity contribution in [2.45, 2.75) is 11.6 Å². The maximum Gasteiger partial charge on any atom is 0.251 e. The fourth-order valence-corrected chi connectivity index (χ4v) is 3.60. The minimum absolute atomic E-state index is 0.0291. The lowest BCUT2D eigenvalue weighted by molar-refractivity contribution is -0.113. The van der Waals surface area contributed by atoms with Crippen LogP contribution < -0.4 is 10.6 Å². The highest BCUT2D eigenvalue weighted by Crippen LogP contribution is 2.20. The van der Waals surface area contributed by atoms with E-state index >= 15 is 0 Å². The molecule has 2 amide bonds. The Balaban J connectivity index is 1.47. The first-order valence-electron chi connectivity index (χ1n) is 9.13. The summed E-state index contributed by atoms with van der Waals surface area (Å²) in [7, 11) is 1.77. The Morgan fingerprint density at radius 2 is 1.81 bits per heavy atom. The molecule has 0 saturated carbocycles. The first kappa shape index (κ1) is 23.1. The Kier molecular flexibility index (Phi) is 7.89. The van der Waals surface area contributed by atoms with Gasteiger partial charge >= 0.3 is 0 Å². The number of benzene rings is 2. The second-order valence-electron chi connectivity index (χ2n) is 6.43. The second kappa shape index (κ2) is 10.6. The summed E-state index contributed by atoms with van der Waals surface area (Å²) in [5.41, 5.74) is 0.576. The third-order valence-corrected chi connectivity index (χ3v) is 5.71.